The van der Waals surface area contributed by atoms with E-state index >= 15 is 0 Å². The average molecular weight is 348 g/mol. The third-order valence-electron chi connectivity index (χ3n) is 2.59. The van der Waals surface area contributed by atoms with Crippen LogP contribution in [0.1, 0.15) is 25.3 Å². The van der Waals surface area contributed by atoms with Crippen LogP contribution in [-0.2, 0) is 17.3 Å². The second-order valence-corrected chi connectivity index (χ2v) is 6.88. The fraction of sp³-hybridized carbons (Fsp3) is 0.571. The highest BCUT2D eigenvalue weighted by atomic mass is 79.9. The summed E-state index contributed by atoms with van der Waals surface area (Å²) in [5.41, 5.74) is 1.15. The molecule has 1 aromatic carbocycles. The molecular formula is C14H22BrNO2S. The number of hydrogen-bond acceptors (Lipinski definition) is 3. The topological polar surface area (TPSA) is 38.3 Å². The van der Waals surface area contributed by atoms with Crippen LogP contribution in [0.3, 0.4) is 0 Å². The van der Waals surface area contributed by atoms with Gasteiger partial charge < -0.3 is 10.1 Å². The van der Waals surface area contributed by atoms with Crippen molar-refractivity contribution in [1.29, 1.82) is 0 Å². The van der Waals surface area contributed by atoms with Gasteiger partial charge in [0.05, 0.1) is 6.61 Å². The summed E-state index contributed by atoms with van der Waals surface area (Å²) in [7, 11) is -0.698. The smallest absolute Gasteiger partial charge is 0.123 e. The molecule has 0 saturated carbocycles. The van der Waals surface area contributed by atoms with E-state index in [-0.39, 0.29) is 0 Å². The molecule has 0 bridgehead atoms. The second-order valence-electron chi connectivity index (χ2n) is 4.41. The largest absolute Gasteiger partial charge is 0.493 e. The van der Waals surface area contributed by atoms with Gasteiger partial charge in [0.1, 0.15) is 5.75 Å². The lowest BCUT2D eigenvalue weighted by atomic mass is 10.2. The van der Waals surface area contributed by atoms with E-state index in [0.29, 0.717) is 0 Å². The summed E-state index contributed by atoms with van der Waals surface area (Å²) in [6, 6.07) is 6.07. The Balaban J connectivity index is 2.46. The summed E-state index contributed by atoms with van der Waals surface area (Å²) in [6.07, 6.45) is 3.68. The standard InChI is InChI=1S/C14H22BrNO2S/c1-3-8-18-14-6-5-13(15)10-12(14)11-16-7-4-9-19(2)17/h5-6,10,16H,3-4,7-9,11H2,1-2H3. The van der Waals surface area contributed by atoms with E-state index < -0.39 is 10.8 Å². The number of benzene rings is 1. The molecule has 0 spiro atoms. The molecule has 1 atom stereocenters. The fourth-order valence-corrected chi connectivity index (χ4v) is 2.62. The van der Waals surface area contributed by atoms with Crippen molar-refractivity contribution in [1.82, 2.24) is 5.32 Å². The van der Waals surface area contributed by atoms with Gasteiger partial charge >= 0.3 is 0 Å². The maximum Gasteiger partial charge on any atom is 0.123 e. The monoisotopic (exact) mass is 347 g/mol. The first-order chi connectivity index (χ1) is 9.13. The average Bonchev–Trinajstić information content (AvgIpc) is 2.37. The van der Waals surface area contributed by atoms with Crippen molar-refractivity contribution >= 4 is 26.7 Å². The molecule has 0 aliphatic carbocycles. The third-order valence-corrected chi connectivity index (χ3v) is 3.94. The second kappa shape index (κ2) is 9.50. The van der Waals surface area contributed by atoms with Gasteiger partial charge in [-0.05, 0) is 37.6 Å². The summed E-state index contributed by atoms with van der Waals surface area (Å²) >= 11 is 3.48. The molecule has 0 fully saturated rings. The molecule has 0 aromatic heterocycles. The van der Waals surface area contributed by atoms with Crippen LogP contribution in [0, 0.1) is 0 Å². The van der Waals surface area contributed by atoms with Gasteiger partial charge in [-0.3, -0.25) is 4.21 Å². The zero-order chi connectivity index (χ0) is 14.1. The Morgan fingerprint density at radius 2 is 2.21 bits per heavy atom. The van der Waals surface area contributed by atoms with E-state index in [2.05, 4.69) is 34.2 Å². The van der Waals surface area contributed by atoms with Crippen LogP contribution in [0.2, 0.25) is 0 Å². The number of rotatable bonds is 9. The molecule has 0 heterocycles. The molecule has 1 N–H and O–H groups in total. The van der Waals surface area contributed by atoms with E-state index in [1.165, 1.54) is 0 Å². The van der Waals surface area contributed by atoms with Crippen LogP contribution < -0.4 is 10.1 Å². The van der Waals surface area contributed by atoms with Crippen molar-refractivity contribution in [2.45, 2.75) is 26.3 Å². The molecule has 0 aliphatic rings. The van der Waals surface area contributed by atoms with Crippen LogP contribution in [0.15, 0.2) is 22.7 Å². The number of hydrogen-bond donors (Lipinski definition) is 1. The number of nitrogens with one attached hydrogen (secondary N) is 1. The van der Waals surface area contributed by atoms with Crippen LogP contribution in [0.4, 0.5) is 0 Å². The van der Waals surface area contributed by atoms with Crippen LogP contribution in [-0.4, -0.2) is 29.4 Å². The van der Waals surface area contributed by atoms with Crippen molar-refractivity contribution in [2.75, 3.05) is 25.2 Å². The van der Waals surface area contributed by atoms with Crippen molar-refractivity contribution in [3.05, 3.63) is 28.2 Å². The zero-order valence-corrected chi connectivity index (χ0v) is 14.0. The zero-order valence-electron chi connectivity index (χ0n) is 11.6. The highest BCUT2D eigenvalue weighted by Crippen LogP contribution is 2.23. The van der Waals surface area contributed by atoms with Crippen molar-refractivity contribution in [3.8, 4) is 5.75 Å². The molecule has 0 radical (unpaired) electrons. The van der Waals surface area contributed by atoms with Crippen LogP contribution in [0.5, 0.6) is 5.75 Å². The lowest BCUT2D eigenvalue weighted by molar-refractivity contribution is 0.313. The predicted octanol–water partition coefficient (Wildman–Crippen LogP) is 3.10. The Bertz CT molecular complexity index is 412. The van der Waals surface area contributed by atoms with Gasteiger partial charge in [-0.2, -0.15) is 0 Å². The molecule has 0 amide bonds. The summed E-state index contributed by atoms with van der Waals surface area (Å²) in [5.74, 6) is 1.70. The minimum Gasteiger partial charge on any atom is -0.493 e. The van der Waals surface area contributed by atoms with Gasteiger partial charge in [0.2, 0.25) is 0 Å². The maximum absolute atomic E-state index is 11.0. The first-order valence-electron chi connectivity index (χ1n) is 6.55. The van der Waals surface area contributed by atoms with Crippen LogP contribution in [0.25, 0.3) is 0 Å². The fourth-order valence-electron chi connectivity index (χ4n) is 1.66. The molecule has 3 nitrogen and oxygen atoms in total. The van der Waals surface area contributed by atoms with E-state index in [1.807, 2.05) is 12.1 Å². The quantitative estimate of drug-likeness (QED) is 0.697. The lowest BCUT2D eigenvalue weighted by Crippen LogP contribution is -2.17. The molecule has 108 valence electrons. The Labute approximate surface area is 126 Å². The maximum atomic E-state index is 11.0. The first kappa shape index (κ1) is 16.7. The van der Waals surface area contributed by atoms with E-state index in [0.717, 1.165) is 54.1 Å². The van der Waals surface area contributed by atoms with Crippen molar-refractivity contribution in [2.24, 2.45) is 0 Å². The molecule has 0 aliphatic heterocycles. The molecule has 19 heavy (non-hydrogen) atoms. The van der Waals surface area contributed by atoms with E-state index in [1.54, 1.807) is 6.26 Å². The van der Waals surface area contributed by atoms with E-state index in [9.17, 15) is 4.21 Å². The minimum absolute atomic E-state index is 0.698. The van der Waals surface area contributed by atoms with Gasteiger partial charge in [0, 0.05) is 39.4 Å². The van der Waals surface area contributed by atoms with Crippen molar-refractivity contribution in [3.63, 3.8) is 0 Å². The number of halogens is 1. The summed E-state index contributed by atoms with van der Waals surface area (Å²) in [5, 5.41) is 3.37. The first-order valence-corrected chi connectivity index (χ1v) is 9.07. The Kier molecular flexibility index (Phi) is 8.34. The molecule has 1 rings (SSSR count). The predicted molar refractivity (Wildman–Crippen MR) is 85.2 cm³/mol. The Hall–Kier alpha value is -0.390. The van der Waals surface area contributed by atoms with Crippen LogP contribution >= 0.6 is 15.9 Å². The lowest BCUT2D eigenvalue weighted by Gasteiger charge is -2.12. The van der Waals surface area contributed by atoms with Gasteiger partial charge in [-0.25, -0.2) is 0 Å². The van der Waals surface area contributed by atoms with E-state index in [4.69, 9.17) is 4.74 Å². The molecule has 5 heteroatoms. The highest BCUT2D eigenvalue weighted by molar-refractivity contribution is 9.10. The molecular weight excluding hydrogens is 326 g/mol. The minimum atomic E-state index is -0.698. The molecule has 1 aromatic rings. The number of ether oxygens (including phenoxy) is 1. The van der Waals surface area contributed by atoms with Gasteiger partial charge in [-0.15, -0.1) is 0 Å². The van der Waals surface area contributed by atoms with Gasteiger partial charge in [0.25, 0.3) is 0 Å². The Morgan fingerprint density at radius 1 is 1.42 bits per heavy atom. The third kappa shape index (κ3) is 7.09. The van der Waals surface area contributed by atoms with Gasteiger partial charge in [-0.1, -0.05) is 22.9 Å². The Morgan fingerprint density at radius 3 is 2.89 bits per heavy atom. The summed E-state index contributed by atoms with van der Waals surface area (Å²) < 4.78 is 17.7. The molecule has 1 unspecified atom stereocenters. The summed E-state index contributed by atoms with van der Waals surface area (Å²) in [6.45, 7) is 4.49. The SMILES string of the molecule is CCCOc1ccc(Br)cc1CNCCCS(C)=O. The summed E-state index contributed by atoms with van der Waals surface area (Å²) in [4.78, 5) is 0. The highest BCUT2D eigenvalue weighted by Gasteiger charge is 2.04. The van der Waals surface area contributed by atoms with Crippen molar-refractivity contribution < 1.29 is 8.95 Å². The molecule has 0 saturated heterocycles. The van der Waals surface area contributed by atoms with Gasteiger partial charge in [0.15, 0.2) is 0 Å². The normalized spacial score (nSPS) is 12.4.